The maximum Gasteiger partial charge on any atom is 0.226 e. The first-order valence-electron chi connectivity index (χ1n) is 8.23. The predicted octanol–water partition coefficient (Wildman–Crippen LogP) is 4.37. The summed E-state index contributed by atoms with van der Waals surface area (Å²) in [6.45, 7) is 6.72. The van der Waals surface area contributed by atoms with Gasteiger partial charge in [0.25, 0.3) is 0 Å². The van der Waals surface area contributed by atoms with Crippen LogP contribution in [0.15, 0.2) is 18.2 Å². The highest BCUT2D eigenvalue weighted by Gasteiger charge is 2.33. The van der Waals surface area contributed by atoms with Crippen molar-refractivity contribution in [2.45, 2.75) is 58.9 Å². The Balaban J connectivity index is 2.21. The van der Waals surface area contributed by atoms with Gasteiger partial charge >= 0.3 is 0 Å². The molecule has 0 bridgehead atoms. The van der Waals surface area contributed by atoms with Crippen LogP contribution in [-0.4, -0.2) is 12.5 Å². The Labute approximate surface area is 132 Å². The van der Waals surface area contributed by atoms with Crippen LogP contribution in [0.5, 0.6) is 5.75 Å². The van der Waals surface area contributed by atoms with Gasteiger partial charge in [0.1, 0.15) is 11.6 Å². The summed E-state index contributed by atoms with van der Waals surface area (Å²) >= 11 is 0. The lowest BCUT2D eigenvalue weighted by Gasteiger charge is -2.29. The Bertz CT molecular complexity index is 532. The van der Waals surface area contributed by atoms with Gasteiger partial charge in [0.15, 0.2) is 0 Å². The predicted molar refractivity (Wildman–Crippen MR) is 85.3 cm³/mol. The molecule has 1 heterocycles. The van der Waals surface area contributed by atoms with Gasteiger partial charge in [0.2, 0.25) is 5.91 Å². The minimum absolute atomic E-state index is 0.0824. The van der Waals surface area contributed by atoms with Gasteiger partial charge in [0, 0.05) is 17.0 Å². The van der Waals surface area contributed by atoms with E-state index in [4.69, 9.17) is 4.74 Å². The molecule has 1 amide bonds. The fourth-order valence-corrected chi connectivity index (χ4v) is 3.03. The zero-order valence-corrected chi connectivity index (χ0v) is 13.7. The molecule has 0 fully saturated rings. The Hall–Kier alpha value is -1.58. The SMILES string of the molecule is CCC[C@@](C)(CC)C(=O)N[C@H]1CCCOc2cc(F)ccc21. The van der Waals surface area contributed by atoms with Crippen LogP contribution in [0.2, 0.25) is 0 Å². The van der Waals surface area contributed by atoms with Crippen molar-refractivity contribution in [1.29, 1.82) is 0 Å². The van der Waals surface area contributed by atoms with Crippen molar-refractivity contribution < 1.29 is 13.9 Å². The summed E-state index contributed by atoms with van der Waals surface area (Å²) in [6, 6.07) is 4.46. The molecule has 1 aliphatic rings. The van der Waals surface area contributed by atoms with Crippen molar-refractivity contribution in [1.82, 2.24) is 5.32 Å². The van der Waals surface area contributed by atoms with Gasteiger partial charge in [-0.25, -0.2) is 4.39 Å². The van der Waals surface area contributed by atoms with Crippen LogP contribution in [0.25, 0.3) is 0 Å². The summed E-state index contributed by atoms with van der Waals surface area (Å²) < 4.78 is 19.0. The number of benzene rings is 1. The number of amides is 1. The van der Waals surface area contributed by atoms with Gasteiger partial charge in [-0.05, 0) is 31.7 Å². The molecule has 3 nitrogen and oxygen atoms in total. The molecular weight excluding hydrogens is 281 g/mol. The lowest BCUT2D eigenvalue weighted by molar-refractivity contribution is -0.131. The van der Waals surface area contributed by atoms with E-state index in [9.17, 15) is 9.18 Å². The molecule has 0 spiro atoms. The zero-order chi connectivity index (χ0) is 16.2. The second kappa shape index (κ2) is 7.12. The molecule has 0 aromatic heterocycles. The van der Waals surface area contributed by atoms with E-state index in [1.54, 1.807) is 6.07 Å². The monoisotopic (exact) mass is 307 g/mol. The van der Waals surface area contributed by atoms with E-state index in [1.165, 1.54) is 12.1 Å². The fraction of sp³-hybridized carbons (Fsp3) is 0.611. The van der Waals surface area contributed by atoms with Crippen LogP contribution < -0.4 is 10.1 Å². The topological polar surface area (TPSA) is 38.3 Å². The fourth-order valence-electron chi connectivity index (χ4n) is 3.03. The second-order valence-corrected chi connectivity index (χ2v) is 6.36. The number of rotatable bonds is 5. The van der Waals surface area contributed by atoms with Crippen LogP contribution in [-0.2, 0) is 4.79 Å². The van der Waals surface area contributed by atoms with Crippen molar-refractivity contribution in [3.05, 3.63) is 29.6 Å². The third-order valence-electron chi connectivity index (χ3n) is 4.68. The molecule has 2 atom stereocenters. The lowest BCUT2D eigenvalue weighted by Crippen LogP contribution is -2.40. The van der Waals surface area contributed by atoms with Gasteiger partial charge in [-0.2, -0.15) is 0 Å². The maximum absolute atomic E-state index is 13.4. The molecule has 0 unspecified atom stereocenters. The average Bonchev–Trinajstić information content (AvgIpc) is 2.69. The van der Waals surface area contributed by atoms with E-state index in [0.29, 0.717) is 12.4 Å². The largest absolute Gasteiger partial charge is 0.493 e. The molecule has 0 saturated carbocycles. The normalized spacial score (nSPS) is 20.3. The Morgan fingerprint density at radius 3 is 2.91 bits per heavy atom. The third-order valence-corrected chi connectivity index (χ3v) is 4.68. The Kier molecular flexibility index (Phi) is 5.43. The Morgan fingerprint density at radius 1 is 1.45 bits per heavy atom. The van der Waals surface area contributed by atoms with Crippen LogP contribution in [0.1, 0.15) is 64.5 Å². The lowest BCUT2D eigenvalue weighted by atomic mass is 9.81. The number of halogens is 1. The molecule has 0 saturated heterocycles. The highest BCUT2D eigenvalue weighted by atomic mass is 19.1. The molecule has 22 heavy (non-hydrogen) atoms. The van der Waals surface area contributed by atoms with Gasteiger partial charge in [0.05, 0.1) is 12.6 Å². The van der Waals surface area contributed by atoms with Gasteiger partial charge in [-0.3, -0.25) is 4.79 Å². The van der Waals surface area contributed by atoms with E-state index < -0.39 is 0 Å². The highest BCUT2D eigenvalue weighted by molar-refractivity contribution is 5.82. The number of nitrogens with one attached hydrogen (secondary N) is 1. The quantitative estimate of drug-likeness (QED) is 0.877. The van der Waals surface area contributed by atoms with Crippen LogP contribution >= 0.6 is 0 Å². The summed E-state index contributed by atoms with van der Waals surface area (Å²) in [4.78, 5) is 12.7. The van der Waals surface area contributed by atoms with Crippen LogP contribution in [0.4, 0.5) is 4.39 Å². The molecule has 1 aromatic carbocycles. The van der Waals surface area contributed by atoms with E-state index in [1.807, 2.05) is 6.92 Å². The van der Waals surface area contributed by atoms with E-state index in [2.05, 4.69) is 19.2 Å². The first-order chi connectivity index (χ1) is 10.5. The zero-order valence-electron chi connectivity index (χ0n) is 13.7. The van der Waals surface area contributed by atoms with E-state index in [-0.39, 0.29) is 23.2 Å². The molecule has 4 heteroatoms. The van der Waals surface area contributed by atoms with Gasteiger partial charge < -0.3 is 10.1 Å². The average molecular weight is 307 g/mol. The molecule has 0 aliphatic carbocycles. The molecule has 2 rings (SSSR count). The molecule has 122 valence electrons. The molecule has 1 aromatic rings. The van der Waals surface area contributed by atoms with Crippen molar-refractivity contribution in [3.8, 4) is 5.75 Å². The number of carbonyl (C=O) groups is 1. The maximum atomic E-state index is 13.4. The third kappa shape index (κ3) is 3.60. The molecule has 0 radical (unpaired) electrons. The van der Waals surface area contributed by atoms with Gasteiger partial charge in [-0.15, -0.1) is 0 Å². The Morgan fingerprint density at radius 2 is 2.23 bits per heavy atom. The number of fused-ring (bicyclic) bond motifs is 1. The smallest absolute Gasteiger partial charge is 0.226 e. The van der Waals surface area contributed by atoms with E-state index in [0.717, 1.165) is 37.7 Å². The molecular formula is C18H26FNO2. The highest BCUT2D eigenvalue weighted by Crippen LogP contribution is 2.34. The van der Waals surface area contributed by atoms with Crippen molar-refractivity contribution in [2.24, 2.45) is 5.41 Å². The number of carbonyl (C=O) groups excluding carboxylic acids is 1. The van der Waals surface area contributed by atoms with Crippen molar-refractivity contribution in [3.63, 3.8) is 0 Å². The van der Waals surface area contributed by atoms with Crippen LogP contribution in [0, 0.1) is 11.2 Å². The summed E-state index contributed by atoms with van der Waals surface area (Å²) in [5, 5.41) is 3.17. The number of hydrogen-bond donors (Lipinski definition) is 1. The minimum Gasteiger partial charge on any atom is -0.493 e. The van der Waals surface area contributed by atoms with Crippen molar-refractivity contribution >= 4 is 5.91 Å². The number of hydrogen-bond acceptors (Lipinski definition) is 2. The first-order valence-corrected chi connectivity index (χ1v) is 8.23. The summed E-state index contributed by atoms with van der Waals surface area (Å²) in [7, 11) is 0. The summed E-state index contributed by atoms with van der Waals surface area (Å²) in [5.74, 6) is 0.325. The van der Waals surface area contributed by atoms with Crippen LogP contribution in [0.3, 0.4) is 0 Å². The van der Waals surface area contributed by atoms with E-state index >= 15 is 0 Å². The van der Waals surface area contributed by atoms with Crippen molar-refractivity contribution in [2.75, 3.05) is 6.61 Å². The second-order valence-electron chi connectivity index (χ2n) is 6.36. The summed E-state index contributed by atoms with van der Waals surface area (Å²) in [5.41, 5.74) is 0.532. The molecule has 1 aliphatic heterocycles. The summed E-state index contributed by atoms with van der Waals surface area (Å²) in [6.07, 6.45) is 4.32. The first kappa shape index (κ1) is 16.8. The standard InChI is InChI=1S/C18H26FNO2/c1-4-10-18(3,5-2)17(21)20-15-7-6-11-22-16-12-13(19)8-9-14(15)16/h8-9,12,15H,4-7,10-11H2,1-3H3,(H,20,21)/t15-,18+/m0/s1. The minimum atomic E-state index is -0.345. The molecule has 1 N–H and O–H groups in total. The van der Waals surface area contributed by atoms with Gasteiger partial charge in [-0.1, -0.05) is 33.3 Å². The number of ether oxygens (including phenoxy) is 1.